The first-order valence-corrected chi connectivity index (χ1v) is 56.4. The fraction of sp³-hybridized carbons (Fsp3) is 0.964. The highest BCUT2D eigenvalue weighted by Crippen LogP contribution is 2.22. The van der Waals surface area contributed by atoms with E-state index >= 15 is 9.59 Å². The van der Waals surface area contributed by atoms with Gasteiger partial charge in [0, 0.05) is 85.0 Å². The van der Waals surface area contributed by atoms with E-state index in [2.05, 4.69) is 90.1 Å². The molecule has 0 spiro atoms. The lowest BCUT2D eigenvalue weighted by molar-refractivity contribution is -0.134. The summed E-state index contributed by atoms with van der Waals surface area (Å²) in [5.41, 5.74) is 0. The van der Waals surface area contributed by atoms with Crippen LogP contribution in [0.3, 0.4) is 0 Å². The number of hydrogen-bond acceptors (Lipinski definition) is 7. The second kappa shape index (κ2) is 101. The molecule has 0 radical (unpaired) electrons. The molecule has 0 aromatic rings. The Bertz CT molecular complexity index is 1840. The number of nitrogens with zero attached hydrogens (tertiary/aromatic N) is 6. The normalized spacial score (nSPS) is 11.7. The minimum Gasteiger partial charge on any atom is -0.343 e. The Morgan fingerprint density at radius 2 is 0.311 bits per heavy atom. The smallest absolute Gasteiger partial charge is 0.236 e. The van der Waals surface area contributed by atoms with E-state index in [0.717, 1.165) is 123 Å². The van der Waals surface area contributed by atoms with E-state index < -0.39 is 0 Å². The van der Waals surface area contributed by atoms with Gasteiger partial charge in [0.05, 0.1) is 19.6 Å². The number of rotatable bonds is 105. The lowest BCUT2D eigenvalue weighted by Gasteiger charge is -2.31. The van der Waals surface area contributed by atoms with Crippen LogP contribution >= 0.6 is 0 Å². The molecule has 0 aliphatic carbocycles. The highest BCUT2D eigenvalue weighted by atomic mass is 16.2. The van der Waals surface area contributed by atoms with Crippen LogP contribution in [-0.2, 0) is 19.2 Å². The van der Waals surface area contributed by atoms with Gasteiger partial charge in [-0.3, -0.25) is 29.0 Å². The fourth-order valence-electron chi connectivity index (χ4n) is 18.5. The molecule has 0 fully saturated rings. The molecule has 0 bridgehead atoms. The van der Waals surface area contributed by atoms with Gasteiger partial charge in [0.2, 0.25) is 23.6 Å². The first kappa shape index (κ1) is 120. The van der Waals surface area contributed by atoms with Crippen molar-refractivity contribution in [1.29, 1.82) is 0 Å². The van der Waals surface area contributed by atoms with E-state index in [1.165, 1.54) is 462 Å². The van der Waals surface area contributed by atoms with Crippen LogP contribution in [0.1, 0.15) is 588 Å². The van der Waals surface area contributed by atoms with E-state index in [9.17, 15) is 9.59 Å². The van der Waals surface area contributed by atoms with Gasteiger partial charge in [-0.2, -0.15) is 0 Å². The summed E-state index contributed by atoms with van der Waals surface area (Å²) in [7, 11) is 0. The summed E-state index contributed by atoms with van der Waals surface area (Å²) in [6.45, 7) is 29.7. The summed E-state index contributed by atoms with van der Waals surface area (Å²) in [5.74, 6) is 1.06. The molecule has 122 heavy (non-hydrogen) atoms. The molecule has 0 aromatic heterocycles. The van der Waals surface area contributed by atoms with E-state index in [0.29, 0.717) is 58.1 Å². The van der Waals surface area contributed by atoms with Gasteiger partial charge in [-0.1, -0.05) is 518 Å². The molecule has 11 heteroatoms. The summed E-state index contributed by atoms with van der Waals surface area (Å²) in [5, 5.41) is 3.70. The standard InChI is InChI=1S/C111H223N7O4/c1-9-17-25-33-41-49-57-65-73-82-94-115(95-83-74-66-58-50-42-34-26-18-10-2)108(119)91-81-90-93-113(106-110(121)117(98-86-77-69-61-53-45-37-29-21-13-5)99-87-78-70-62-54-46-38-30-22-14-6)103-104-114(107-111(122)118(100-88-79-71-63-55-47-39-31-23-15-7)101-89-80-72-64-56-48-40-32-24-16-8)102-92-112-105-109(120)116(96-84-75-67-59-51-43-35-27-19-11-3)97-85-76-68-60-52-44-36-28-20-12-4/h112H,9-107H2,1-8H3. The van der Waals surface area contributed by atoms with Crippen molar-refractivity contribution >= 4 is 23.6 Å². The largest absolute Gasteiger partial charge is 0.343 e. The van der Waals surface area contributed by atoms with Crippen molar-refractivity contribution in [3.05, 3.63) is 0 Å². The van der Waals surface area contributed by atoms with E-state index in [4.69, 9.17) is 0 Å². The molecule has 0 unspecified atom stereocenters. The number of unbranched alkanes of at least 4 members (excludes halogenated alkanes) is 73. The maximum atomic E-state index is 15.4. The van der Waals surface area contributed by atoms with Crippen molar-refractivity contribution in [3.8, 4) is 0 Å². The summed E-state index contributed by atoms with van der Waals surface area (Å²) >= 11 is 0. The zero-order valence-corrected chi connectivity index (χ0v) is 84.8. The molecule has 0 heterocycles. The van der Waals surface area contributed by atoms with Crippen molar-refractivity contribution in [3.63, 3.8) is 0 Å². The van der Waals surface area contributed by atoms with Crippen LogP contribution in [0.25, 0.3) is 0 Å². The third-order valence-corrected chi connectivity index (χ3v) is 27.1. The zero-order valence-electron chi connectivity index (χ0n) is 84.8. The van der Waals surface area contributed by atoms with Gasteiger partial charge in [-0.15, -0.1) is 0 Å². The Morgan fingerprint density at radius 1 is 0.156 bits per heavy atom. The third kappa shape index (κ3) is 85.8. The minimum absolute atomic E-state index is 0.225. The van der Waals surface area contributed by atoms with Crippen molar-refractivity contribution < 1.29 is 19.2 Å². The van der Waals surface area contributed by atoms with Gasteiger partial charge in [0.15, 0.2) is 0 Å². The predicted molar refractivity (Wildman–Crippen MR) is 541 cm³/mol. The Labute approximate surface area is 766 Å². The lowest BCUT2D eigenvalue weighted by atomic mass is 10.1. The Kier molecular flexibility index (Phi) is 99.0. The van der Waals surface area contributed by atoms with Gasteiger partial charge in [0.25, 0.3) is 0 Å². The summed E-state index contributed by atoms with van der Waals surface area (Å²) in [6.07, 6.45) is 105. The molecule has 0 aromatic carbocycles. The molecule has 726 valence electrons. The quantitative estimate of drug-likeness (QED) is 0.0606. The van der Waals surface area contributed by atoms with Crippen LogP contribution < -0.4 is 5.32 Å². The van der Waals surface area contributed by atoms with Crippen LogP contribution in [0.2, 0.25) is 0 Å². The van der Waals surface area contributed by atoms with Crippen LogP contribution in [0, 0.1) is 0 Å². The monoisotopic (exact) mass is 1720 g/mol. The van der Waals surface area contributed by atoms with Gasteiger partial charge in [0.1, 0.15) is 0 Å². The second-order valence-electron chi connectivity index (χ2n) is 39.2. The van der Waals surface area contributed by atoms with E-state index in [1.807, 2.05) is 0 Å². The van der Waals surface area contributed by atoms with Gasteiger partial charge < -0.3 is 24.9 Å². The van der Waals surface area contributed by atoms with Gasteiger partial charge in [-0.25, -0.2) is 0 Å². The lowest BCUT2D eigenvalue weighted by Crippen LogP contribution is -2.48. The number of hydrogen-bond donors (Lipinski definition) is 1. The number of amides is 4. The second-order valence-corrected chi connectivity index (χ2v) is 39.2. The first-order chi connectivity index (χ1) is 60.1. The van der Waals surface area contributed by atoms with E-state index in [1.54, 1.807) is 0 Å². The van der Waals surface area contributed by atoms with Crippen molar-refractivity contribution in [2.75, 3.05) is 105 Å². The van der Waals surface area contributed by atoms with Crippen LogP contribution in [-0.4, -0.2) is 158 Å². The van der Waals surface area contributed by atoms with Crippen molar-refractivity contribution in [2.45, 2.75) is 588 Å². The highest BCUT2D eigenvalue weighted by molar-refractivity contribution is 5.79. The average Bonchev–Trinajstić information content (AvgIpc) is 0.888. The molecule has 0 atom stereocenters. The molecule has 4 amide bonds. The van der Waals surface area contributed by atoms with Crippen LogP contribution in [0.5, 0.6) is 0 Å². The summed E-state index contributed by atoms with van der Waals surface area (Å²) in [6, 6.07) is 0. The number of carbonyl (C=O) groups excluding carboxylic acids is 4. The molecule has 1 N–H and O–H groups in total. The van der Waals surface area contributed by atoms with E-state index in [-0.39, 0.29) is 17.7 Å². The third-order valence-electron chi connectivity index (χ3n) is 27.1. The molecular formula is C111H223N7O4. The maximum Gasteiger partial charge on any atom is 0.236 e. The fourth-order valence-corrected chi connectivity index (χ4v) is 18.5. The van der Waals surface area contributed by atoms with Gasteiger partial charge in [-0.05, 0) is 70.8 Å². The Hall–Kier alpha value is -2.24. The number of nitrogens with one attached hydrogen (secondary N) is 1. The molecule has 0 rings (SSSR count). The average molecular weight is 1720 g/mol. The SMILES string of the molecule is CCCCCCCCCCCCN(CCCCCCCCCCCC)C(=O)CCCCN(CCN(CCNCC(=O)N(CCCCCCCCCCCC)CCCCCCCCCCCC)CC(=O)N(CCCCCCCCCCCC)CCCCCCCCCCCC)CC(=O)N(CCCCCCCCCCCC)CCCCCCCCCCCC. The van der Waals surface area contributed by atoms with Crippen LogP contribution in [0.4, 0.5) is 0 Å². The first-order valence-electron chi connectivity index (χ1n) is 56.4. The highest BCUT2D eigenvalue weighted by Gasteiger charge is 2.23. The minimum atomic E-state index is 0.225. The predicted octanol–water partition coefficient (Wildman–Crippen LogP) is 33.0. The Morgan fingerprint density at radius 3 is 0.508 bits per heavy atom. The zero-order chi connectivity index (χ0) is 88.5. The molecule has 0 aliphatic heterocycles. The molecule has 11 nitrogen and oxygen atoms in total. The molecule has 0 saturated heterocycles. The molecular weight excluding hydrogens is 1500 g/mol. The molecule has 0 saturated carbocycles. The Balaban J connectivity index is 7.43. The van der Waals surface area contributed by atoms with Gasteiger partial charge >= 0.3 is 0 Å². The topological polar surface area (TPSA) is 99.8 Å². The number of carbonyl (C=O) groups is 4. The summed E-state index contributed by atoms with van der Waals surface area (Å²) in [4.78, 5) is 73.8. The summed E-state index contributed by atoms with van der Waals surface area (Å²) < 4.78 is 0. The van der Waals surface area contributed by atoms with Crippen molar-refractivity contribution in [1.82, 2.24) is 34.7 Å². The molecule has 0 aliphatic rings. The van der Waals surface area contributed by atoms with Crippen molar-refractivity contribution in [2.24, 2.45) is 0 Å². The maximum absolute atomic E-state index is 15.4. The van der Waals surface area contributed by atoms with Crippen LogP contribution in [0.15, 0.2) is 0 Å².